The van der Waals surface area contributed by atoms with Crippen LogP contribution in [0.2, 0.25) is 0 Å². The van der Waals surface area contributed by atoms with E-state index in [9.17, 15) is 4.79 Å². The summed E-state index contributed by atoms with van der Waals surface area (Å²) in [4.78, 5) is 23.5. The van der Waals surface area contributed by atoms with Gasteiger partial charge in [-0.15, -0.1) is 0 Å². The Morgan fingerprint density at radius 2 is 2.27 bits per heavy atom. The molecule has 1 aliphatic heterocycles. The van der Waals surface area contributed by atoms with Gasteiger partial charge < -0.3 is 9.80 Å². The van der Waals surface area contributed by atoms with Gasteiger partial charge in [-0.25, -0.2) is 9.97 Å². The molecule has 2 heterocycles. The Kier molecular flexibility index (Phi) is 2.53. The van der Waals surface area contributed by atoms with Crippen LogP contribution in [0.4, 0.5) is 5.82 Å². The Labute approximate surface area is 88.7 Å². The van der Waals surface area contributed by atoms with E-state index in [1.807, 2.05) is 24.8 Å². The van der Waals surface area contributed by atoms with E-state index in [-0.39, 0.29) is 5.91 Å². The zero-order chi connectivity index (χ0) is 10.8. The van der Waals surface area contributed by atoms with Crippen LogP contribution in [0, 0.1) is 6.92 Å². The minimum atomic E-state index is 0.161. The molecule has 1 aromatic heterocycles. The second kappa shape index (κ2) is 3.84. The number of carbonyl (C=O) groups is 1. The molecule has 0 N–H and O–H groups in total. The van der Waals surface area contributed by atoms with Gasteiger partial charge in [0, 0.05) is 18.3 Å². The van der Waals surface area contributed by atoms with Gasteiger partial charge in [-0.2, -0.15) is 0 Å². The summed E-state index contributed by atoms with van der Waals surface area (Å²) in [6.45, 7) is 5.70. The fraction of sp³-hybridized carbons (Fsp3) is 0.500. The van der Waals surface area contributed by atoms with Crippen LogP contribution in [0.15, 0.2) is 12.4 Å². The zero-order valence-corrected chi connectivity index (χ0v) is 8.97. The Morgan fingerprint density at radius 1 is 1.47 bits per heavy atom. The monoisotopic (exact) mass is 206 g/mol. The summed E-state index contributed by atoms with van der Waals surface area (Å²) in [6, 6.07) is 1.90. The number of aromatic nitrogens is 2. The van der Waals surface area contributed by atoms with Crippen LogP contribution in [0.3, 0.4) is 0 Å². The first-order valence-corrected chi connectivity index (χ1v) is 5.02. The third-order valence-electron chi connectivity index (χ3n) is 2.52. The average Bonchev–Trinajstić information content (AvgIpc) is 2.60. The quantitative estimate of drug-likeness (QED) is 0.703. The summed E-state index contributed by atoms with van der Waals surface area (Å²) < 4.78 is 0. The molecule has 5 nitrogen and oxygen atoms in total. The van der Waals surface area contributed by atoms with Gasteiger partial charge in [0.05, 0.1) is 6.67 Å². The molecule has 5 heteroatoms. The maximum Gasteiger partial charge on any atom is 0.243 e. The molecule has 1 fully saturated rings. The highest BCUT2D eigenvalue weighted by atomic mass is 16.2. The van der Waals surface area contributed by atoms with Crippen molar-refractivity contribution in [1.29, 1.82) is 0 Å². The molecular formula is C10H14N4O. The molecule has 0 saturated carbocycles. The third kappa shape index (κ3) is 1.91. The van der Waals surface area contributed by atoms with Gasteiger partial charge in [-0.05, 0) is 13.8 Å². The largest absolute Gasteiger partial charge is 0.329 e. The number of carbonyl (C=O) groups excluding carboxylic acids is 1. The molecule has 0 aliphatic carbocycles. The number of rotatable bonds is 2. The summed E-state index contributed by atoms with van der Waals surface area (Å²) in [5.74, 6) is 0.987. The molecule has 0 unspecified atom stereocenters. The number of hydrogen-bond acceptors (Lipinski definition) is 4. The van der Waals surface area contributed by atoms with Crippen molar-refractivity contribution in [2.75, 3.05) is 24.7 Å². The van der Waals surface area contributed by atoms with Gasteiger partial charge in [0.25, 0.3) is 0 Å². The van der Waals surface area contributed by atoms with E-state index >= 15 is 0 Å². The van der Waals surface area contributed by atoms with Crippen LogP contribution in [0.25, 0.3) is 0 Å². The molecule has 1 aromatic rings. The molecule has 0 spiro atoms. The first-order chi connectivity index (χ1) is 7.20. The van der Waals surface area contributed by atoms with E-state index in [4.69, 9.17) is 0 Å². The number of aryl methyl sites for hydroxylation is 1. The predicted molar refractivity (Wildman–Crippen MR) is 56.4 cm³/mol. The van der Waals surface area contributed by atoms with Gasteiger partial charge in [0.1, 0.15) is 18.7 Å². The van der Waals surface area contributed by atoms with Crippen LogP contribution in [0.5, 0.6) is 0 Å². The molecule has 15 heavy (non-hydrogen) atoms. The number of nitrogens with zero attached hydrogens (tertiary/aromatic N) is 4. The lowest BCUT2D eigenvalue weighted by Crippen LogP contribution is -2.27. The van der Waals surface area contributed by atoms with Crippen LogP contribution in [-0.2, 0) is 4.79 Å². The Hall–Kier alpha value is -1.65. The number of anilines is 1. The van der Waals surface area contributed by atoms with Crippen molar-refractivity contribution in [3.8, 4) is 0 Å². The minimum absolute atomic E-state index is 0.161. The van der Waals surface area contributed by atoms with E-state index < -0.39 is 0 Å². The third-order valence-corrected chi connectivity index (χ3v) is 2.52. The number of amides is 1. The predicted octanol–water partition coefficient (Wildman–Crippen LogP) is 0.411. The molecule has 0 atom stereocenters. The highest BCUT2D eigenvalue weighted by molar-refractivity contribution is 5.84. The van der Waals surface area contributed by atoms with Crippen LogP contribution >= 0.6 is 0 Å². The molecule has 1 amide bonds. The van der Waals surface area contributed by atoms with Gasteiger partial charge >= 0.3 is 0 Å². The van der Waals surface area contributed by atoms with E-state index in [2.05, 4.69) is 9.97 Å². The van der Waals surface area contributed by atoms with Crippen LogP contribution in [0.1, 0.15) is 12.6 Å². The van der Waals surface area contributed by atoms with Gasteiger partial charge in [0.15, 0.2) is 0 Å². The van der Waals surface area contributed by atoms with E-state index in [1.165, 1.54) is 6.33 Å². The van der Waals surface area contributed by atoms with Crippen LogP contribution in [-0.4, -0.2) is 40.5 Å². The molecule has 0 radical (unpaired) electrons. The molecule has 0 aromatic carbocycles. The summed E-state index contributed by atoms with van der Waals surface area (Å²) in [5, 5.41) is 0. The molecule has 2 rings (SSSR count). The fourth-order valence-electron chi connectivity index (χ4n) is 1.64. The average molecular weight is 206 g/mol. The van der Waals surface area contributed by atoms with Gasteiger partial charge in [-0.3, -0.25) is 4.79 Å². The molecule has 1 saturated heterocycles. The highest BCUT2D eigenvalue weighted by Crippen LogP contribution is 2.15. The molecule has 80 valence electrons. The van der Waals surface area contributed by atoms with E-state index in [0.29, 0.717) is 13.2 Å². The molecule has 0 bridgehead atoms. The smallest absolute Gasteiger partial charge is 0.243 e. The van der Waals surface area contributed by atoms with Crippen molar-refractivity contribution >= 4 is 11.7 Å². The Bertz CT molecular complexity index is 379. The standard InChI is InChI=1S/C10H14N4O/c1-3-13-7-14(5-10(13)15)9-4-8(2)11-6-12-9/h4,6H,3,5,7H2,1-2H3. The number of likely N-dealkylation sites (N-methyl/N-ethyl adjacent to an activating group) is 1. The lowest BCUT2D eigenvalue weighted by molar-refractivity contribution is -0.126. The second-order valence-electron chi connectivity index (χ2n) is 3.61. The molecule has 1 aliphatic rings. The Balaban J connectivity index is 2.17. The maximum atomic E-state index is 11.5. The zero-order valence-electron chi connectivity index (χ0n) is 8.97. The van der Waals surface area contributed by atoms with Crippen molar-refractivity contribution in [2.24, 2.45) is 0 Å². The lowest BCUT2D eigenvalue weighted by atomic mass is 10.4. The Morgan fingerprint density at radius 3 is 2.87 bits per heavy atom. The first-order valence-electron chi connectivity index (χ1n) is 5.02. The van der Waals surface area contributed by atoms with Crippen LogP contribution < -0.4 is 4.90 Å². The van der Waals surface area contributed by atoms with E-state index in [1.54, 1.807) is 4.90 Å². The summed E-state index contributed by atoms with van der Waals surface area (Å²) in [5.41, 5.74) is 0.919. The number of hydrogen-bond donors (Lipinski definition) is 0. The van der Waals surface area contributed by atoms with Crippen molar-refractivity contribution in [2.45, 2.75) is 13.8 Å². The topological polar surface area (TPSA) is 49.3 Å². The van der Waals surface area contributed by atoms with Gasteiger partial charge in [-0.1, -0.05) is 0 Å². The maximum absolute atomic E-state index is 11.5. The SMILES string of the molecule is CCN1CN(c2cc(C)ncn2)CC1=O. The van der Waals surface area contributed by atoms with Crippen molar-refractivity contribution in [3.63, 3.8) is 0 Å². The first kappa shape index (κ1) is 9.89. The highest BCUT2D eigenvalue weighted by Gasteiger charge is 2.26. The van der Waals surface area contributed by atoms with Crippen molar-refractivity contribution in [3.05, 3.63) is 18.1 Å². The summed E-state index contributed by atoms with van der Waals surface area (Å²) in [6.07, 6.45) is 1.53. The molecular weight excluding hydrogens is 192 g/mol. The van der Waals surface area contributed by atoms with Crippen molar-refractivity contribution in [1.82, 2.24) is 14.9 Å². The summed E-state index contributed by atoms with van der Waals surface area (Å²) >= 11 is 0. The minimum Gasteiger partial charge on any atom is -0.329 e. The van der Waals surface area contributed by atoms with Crippen molar-refractivity contribution < 1.29 is 4.79 Å². The summed E-state index contributed by atoms with van der Waals surface area (Å²) in [7, 11) is 0. The fourth-order valence-corrected chi connectivity index (χ4v) is 1.64. The normalized spacial score (nSPS) is 16.3. The second-order valence-corrected chi connectivity index (χ2v) is 3.61. The van der Waals surface area contributed by atoms with E-state index in [0.717, 1.165) is 18.1 Å². The lowest BCUT2D eigenvalue weighted by Gasteiger charge is -2.17. The van der Waals surface area contributed by atoms with Gasteiger partial charge in [0.2, 0.25) is 5.91 Å².